The summed E-state index contributed by atoms with van der Waals surface area (Å²) in [6, 6.07) is 2.47. The fourth-order valence-corrected chi connectivity index (χ4v) is 2.63. The smallest absolute Gasteiger partial charge is 0.322 e. The van der Waals surface area contributed by atoms with Gasteiger partial charge in [-0.2, -0.15) is 0 Å². The van der Waals surface area contributed by atoms with Crippen LogP contribution < -0.4 is 0 Å². The third-order valence-electron chi connectivity index (χ3n) is 3.83. The highest BCUT2D eigenvalue weighted by Gasteiger charge is 2.33. The first-order chi connectivity index (χ1) is 10.5. The highest BCUT2D eigenvalue weighted by molar-refractivity contribution is 5.73. The fourth-order valence-electron chi connectivity index (χ4n) is 2.63. The van der Waals surface area contributed by atoms with Crippen LogP contribution in [0.2, 0.25) is 0 Å². The highest BCUT2D eigenvalue weighted by Crippen LogP contribution is 2.21. The van der Waals surface area contributed by atoms with Crippen molar-refractivity contribution in [2.75, 3.05) is 0 Å². The molecule has 0 saturated carbocycles. The number of halogens is 2. The molecule has 0 bridgehead atoms. The molecule has 0 radical (unpaired) electrons. The van der Waals surface area contributed by atoms with Crippen molar-refractivity contribution in [1.82, 2.24) is 19.7 Å². The molecule has 0 aliphatic carbocycles. The van der Waals surface area contributed by atoms with E-state index in [1.807, 2.05) is 0 Å². The Bertz CT molecular complexity index is 732. The number of fused-ring (bicyclic) bond motifs is 1. The van der Waals surface area contributed by atoms with Crippen molar-refractivity contribution in [3.8, 4) is 0 Å². The lowest BCUT2D eigenvalue weighted by molar-refractivity contribution is -0.145. The number of carboxylic acid groups (broad SMARTS) is 1. The number of hydrogen-bond acceptors (Lipinski definition) is 4. The molecule has 1 aromatic carbocycles. The summed E-state index contributed by atoms with van der Waals surface area (Å²) < 4.78 is 28.5. The number of nitrogens with zero attached hydrogens (tertiary/aromatic N) is 4. The Balaban J connectivity index is 1.89. The highest BCUT2D eigenvalue weighted by atomic mass is 19.1. The average molecular weight is 308 g/mol. The molecule has 3 rings (SSSR count). The molecule has 2 aromatic rings. The fraction of sp³-hybridized carbons (Fsp3) is 0.357. The first kappa shape index (κ1) is 14.6. The number of rotatable bonds is 3. The SMILES string of the molecule is Cc1nnc2n1CC(C(=O)O)N(Cc1ccc(F)cc1F)C2. The van der Waals surface area contributed by atoms with E-state index in [2.05, 4.69) is 10.2 Å². The lowest BCUT2D eigenvalue weighted by atomic mass is 10.1. The predicted octanol–water partition coefficient (Wildman–Crippen LogP) is 1.33. The minimum absolute atomic E-state index is 0.0645. The van der Waals surface area contributed by atoms with Crippen molar-refractivity contribution in [1.29, 1.82) is 0 Å². The third kappa shape index (κ3) is 2.57. The Morgan fingerprint density at radius 3 is 2.86 bits per heavy atom. The van der Waals surface area contributed by atoms with Gasteiger partial charge >= 0.3 is 5.97 Å². The maximum absolute atomic E-state index is 13.8. The van der Waals surface area contributed by atoms with E-state index in [1.165, 1.54) is 6.07 Å². The van der Waals surface area contributed by atoms with Gasteiger partial charge in [-0.05, 0) is 13.0 Å². The van der Waals surface area contributed by atoms with Crippen molar-refractivity contribution < 1.29 is 18.7 Å². The molecule has 0 spiro atoms. The number of hydrogen-bond donors (Lipinski definition) is 1. The number of aromatic nitrogens is 3. The lowest BCUT2D eigenvalue weighted by Gasteiger charge is -2.33. The summed E-state index contributed by atoms with van der Waals surface area (Å²) in [6.45, 7) is 2.26. The molecule has 1 unspecified atom stereocenters. The Labute approximate surface area is 125 Å². The standard InChI is InChI=1S/C14H14F2N4O2/c1-8-17-18-13-7-19(12(14(21)22)6-20(8)13)5-9-2-3-10(15)4-11(9)16/h2-4,12H,5-7H2,1H3,(H,21,22). The molecule has 1 N–H and O–H groups in total. The number of benzene rings is 1. The van der Waals surface area contributed by atoms with E-state index >= 15 is 0 Å². The van der Waals surface area contributed by atoms with Gasteiger partial charge < -0.3 is 9.67 Å². The van der Waals surface area contributed by atoms with Crippen molar-refractivity contribution in [3.63, 3.8) is 0 Å². The molecule has 0 saturated heterocycles. The number of carbonyl (C=O) groups is 1. The summed E-state index contributed by atoms with van der Waals surface area (Å²) in [4.78, 5) is 13.1. The zero-order valence-electron chi connectivity index (χ0n) is 11.8. The maximum Gasteiger partial charge on any atom is 0.322 e. The molecule has 6 nitrogen and oxygen atoms in total. The summed E-state index contributed by atoms with van der Waals surface area (Å²) in [5, 5.41) is 17.3. The van der Waals surface area contributed by atoms with Gasteiger partial charge in [0, 0.05) is 18.2 Å². The van der Waals surface area contributed by atoms with Gasteiger partial charge in [0.1, 0.15) is 29.3 Å². The normalized spacial score (nSPS) is 18.2. The van der Waals surface area contributed by atoms with E-state index < -0.39 is 23.6 Å². The molecule has 1 aromatic heterocycles. The van der Waals surface area contributed by atoms with Crippen LogP contribution in [0.25, 0.3) is 0 Å². The van der Waals surface area contributed by atoms with Crippen LogP contribution in [0.3, 0.4) is 0 Å². The Morgan fingerprint density at radius 2 is 2.18 bits per heavy atom. The van der Waals surface area contributed by atoms with Crippen LogP contribution in [-0.2, 0) is 24.4 Å². The summed E-state index contributed by atoms with van der Waals surface area (Å²) in [5.74, 6) is -1.06. The Morgan fingerprint density at radius 1 is 1.41 bits per heavy atom. The third-order valence-corrected chi connectivity index (χ3v) is 3.83. The predicted molar refractivity (Wildman–Crippen MR) is 71.8 cm³/mol. The second kappa shape index (κ2) is 5.45. The summed E-state index contributed by atoms with van der Waals surface area (Å²) in [5.41, 5.74) is 0.248. The first-order valence-electron chi connectivity index (χ1n) is 6.75. The van der Waals surface area contributed by atoms with Gasteiger partial charge in [0.05, 0.1) is 13.1 Å². The molecule has 8 heteroatoms. The molecule has 0 fully saturated rings. The summed E-state index contributed by atoms with van der Waals surface area (Å²) >= 11 is 0. The molecule has 1 aliphatic rings. The zero-order chi connectivity index (χ0) is 15.9. The van der Waals surface area contributed by atoms with E-state index in [1.54, 1.807) is 16.4 Å². The number of aryl methyl sites for hydroxylation is 1. The van der Waals surface area contributed by atoms with Gasteiger partial charge in [-0.1, -0.05) is 6.07 Å². The van der Waals surface area contributed by atoms with Crippen molar-refractivity contribution >= 4 is 5.97 Å². The zero-order valence-corrected chi connectivity index (χ0v) is 11.8. The topological polar surface area (TPSA) is 71.2 Å². The molecule has 116 valence electrons. The van der Waals surface area contributed by atoms with E-state index in [0.29, 0.717) is 11.6 Å². The van der Waals surface area contributed by atoms with Gasteiger partial charge in [-0.25, -0.2) is 8.78 Å². The van der Waals surface area contributed by atoms with Crippen LogP contribution in [-0.4, -0.2) is 36.8 Å². The van der Waals surface area contributed by atoms with Gasteiger partial charge in [-0.15, -0.1) is 10.2 Å². The van der Waals surface area contributed by atoms with Crippen LogP contribution in [0, 0.1) is 18.6 Å². The van der Waals surface area contributed by atoms with Gasteiger partial charge in [-0.3, -0.25) is 9.69 Å². The van der Waals surface area contributed by atoms with Crippen molar-refractivity contribution in [3.05, 3.63) is 47.0 Å². The van der Waals surface area contributed by atoms with E-state index in [-0.39, 0.29) is 25.2 Å². The van der Waals surface area contributed by atoms with Crippen molar-refractivity contribution in [2.24, 2.45) is 0 Å². The van der Waals surface area contributed by atoms with Gasteiger partial charge in [0.15, 0.2) is 0 Å². The lowest BCUT2D eigenvalue weighted by Crippen LogP contribution is -2.47. The number of aliphatic carboxylic acids is 1. The van der Waals surface area contributed by atoms with Crippen molar-refractivity contribution in [2.45, 2.75) is 32.6 Å². The largest absolute Gasteiger partial charge is 0.480 e. The molecule has 2 heterocycles. The molecule has 1 aliphatic heterocycles. The maximum atomic E-state index is 13.8. The monoisotopic (exact) mass is 308 g/mol. The first-order valence-corrected chi connectivity index (χ1v) is 6.75. The molecule has 22 heavy (non-hydrogen) atoms. The van der Waals surface area contributed by atoms with Gasteiger partial charge in [0.2, 0.25) is 0 Å². The minimum atomic E-state index is -0.999. The molecular formula is C14H14F2N4O2. The quantitative estimate of drug-likeness (QED) is 0.926. The van der Waals surface area contributed by atoms with Crippen LogP contribution in [0.15, 0.2) is 18.2 Å². The molecule has 1 atom stereocenters. The van der Waals surface area contributed by atoms with Crippen LogP contribution in [0.5, 0.6) is 0 Å². The van der Waals surface area contributed by atoms with E-state index in [9.17, 15) is 18.7 Å². The Hall–Kier alpha value is -2.35. The van der Waals surface area contributed by atoms with Crippen LogP contribution >= 0.6 is 0 Å². The van der Waals surface area contributed by atoms with Crippen LogP contribution in [0.4, 0.5) is 8.78 Å². The van der Waals surface area contributed by atoms with Crippen LogP contribution in [0.1, 0.15) is 17.2 Å². The average Bonchev–Trinajstić information content (AvgIpc) is 2.82. The minimum Gasteiger partial charge on any atom is -0.480 e. The summed E-state index contributed by atoms with van der Waals surface area (Å²) in [7, 11) is 0. The second-order valence-electron chi connectivity index (χ2n) is 5.27. The Kier molecular flexibility index (Phi) is 3.61. The molecular weight excluding hydrogens is 294 g/mol. The van der Waals surface area contributed by atoms with E-state index in [0.717, 1.165) is 12.1 Å². The molecule has 0 amide bonds. The number of carboxylic acids is 1. The van der Waals surface area contributed by atoms with E-state index in [4.69, 9.17) is 0 Å². The summed E-state index contributed by atoms with van der Waals surface area (Å²) in [6.07, 6.45) is 0. The second-order valence-corrected chi connectivity index (χ2v) is 5.27. The van der Waals surface area contributed by atoms with Gasteiger partial charge in [0.25, 0.3) is 0 Å².